The number of aliphatic hydroxyl groups excluding tert-OH is 2. The lowest BCUT2D eigenvalue weighted by Gasteiger charge is -2.58. The van der Waals surface area contributed by atoms with Crippen molar-refractivity contribution in [2.24, 2.45) is 52.3 Å². The number of anilines is 1. The fourth-order valence-electron chi connectivity index (χ4n) is 11.5. The van der Waals surface area contributed by atoms with E-state index in [1.165, 1.54) is 50.4 Å². The van der Waals surface area contributed by atoms with E-state index in [1.807, 2.05) is 0 Å². The molecule has 2 aromatic rings. The maximum absolute atomic E-state index is 13.3. The van der Waals surface area contributed by atoms with Crippen LogP contribution in [0.4, 0.5) is 10.6 Å². The zero-order valence-corrected chi connectivity index (χ0v) is 32.5. The maximum atomic E-state index is 13.3. The number of allylic oxidation sites excluding steroid dienone is 1. The molecule has 0 aromatic carbocycles. The summed E-state index contributed by atoms with van der Waals surface area (Å²) in [5.41, 5.74) is 1.11. The number of nitrogens with zero attached hydrogens (tertiary/aromatic N) is 4. The topological polar surface area (TPSA) is 132 Å². The maximum Gasteiger partial charge on any atom is 0.413 e. The van der Waals surface area contributed by atoms with Crippen LogP contribution >= 0.6 is 11.6 Å². The highest BCUT2D eigenvalue weighted by Crippen LogP contribution is 2.67. The zero-order valence-electron chi connectivity index (χ0n) is 31.8. The summed E-state index contributed by atoms with van der Waals surface area (Å²) in [5.74, 6) is 7.90. The first kappa shape index (κ1) is 37.6. The Kier molecular flexibility index (Phi) is 10.2. The molecule has 0 spiro atoms. The highest BCUT2D eigenvalue weighted by atomic mass is 35.5. The summed E-state index contributed by atoms with van der Waals surface area (Å²) in [7, 11) is 0. The van der Waals surface area contributed by atoms with E-state index in [0.29, 0.717) is 17.0 Å². The minimum Gasteiger partial charge on any atom is -0.446 e. The van der Waals surface area contributed by atoms with E-state index < -0.39 is 30.6 Å². The first-order valence-electron chi connectivity index (χ1n) is 19.7. The van der Waals surface area contributed by atoms with Gasteiger partial charge in [-0.15, -0.1) is 6.42 Å². The van der Waals surface area contributed by atoms with Gasteiger partial charge in [-0.1, -0.05) is 72.0 Å². The second kappa shape index (κ2) is 14.2. The highest BCUT2D eigenvalue weighted by molar-refractivity contribution is 6.28. The predicted octanol–water partition coefficient (Wildman–Crippen LogP) is 8.33. The first-order valence-corrected chi connectivity index (χ1v) is 20.1. The molecule has 284 valence electrons. The third kappa shape index (κ3) is 6.35. The van der Waals surface area contributed by atoms with Crippen molar-refractivity contribution < 1.29 is 24.5 Å². The number of aromatic nitrogens is 4. The molecule has 3 N–H and O–H groups in total. The summed E-state index contributed by atoms with van der Waals surface area (Å²) in [6, 6.07) is 0. The van der Waals surface area contributed by atoms with Crippen LogP contribution in [0.15, 0.2) is 18.0 Å². The lowest BCUT2D eigenvalue weighted by atomic mass is 9.47. The molecule has 3 saturated carbocycles. The van der Waals surface area contributed by atoms with E-state index in [-0.39, 0.29) is 34.6 Å². The van der Waals surface area contributed by atoms with Gasteiger partial charge in [-0.25, -0.2) is 9.78 Å². The summed E-state index contributed by atoms with van der Waals surface area (Å²) in [6.07, 6.45) is 18.8. The monoisotopic (exact) mass is 735 g/mol. The lowest BCUT2D eigenvalue weighted by Crippen LogP contribution is -2.51. The number of carbonyl (C=O) groups is 1. The molecule has 2 aromatic heterocycles. The number of aliphatic hydroxyl groups is 2. The minimum atomic E-state index is -1.53. The Labute approximate surface area is 313 Å². The van der Waals surface area contributed by atoms with E-state index >= 15 is 0 Å². The molecule has 1 amide bonds. The van der Waals surface area contributed by atoms with Crippen LogP contribution in [0, 0.1) is 64.6 Å². The van der Waals surface area contributed by atoms with Crippen LogP contribution in [0.5, 0.6) is 0 Å². The molecule has 1 aliphatic heterocycles. The molecular weight excluding hydrogens is 678 g/mol. The van der Waals surface area contributed by atoms with E-state index in [4.69, 9.17) is 27.5 Å². The molecule has 0 radical (unpaired) electrons. The summed E-state index contributed by atoms with van der Waals surface area (Å²) >= 11 is 6.30. The zero-order chi connectivity index (χ0) is 37.2. The molecule has 1 saturated heterocycles. The van der Waals surface area contributed by atoms with Crippen LogP contribution < -0.4 is 5.32 Å². The largest absolute Gasteiger partial charge is 0.446 e. The standard InChI is InChI=1S/C41H58ClN5O5/c1-8-41(21-48)32(49)20-33(52-41)47-22-43-34-35(44-37(42)46-36(34)47)45-38(50)51-27-15-17-39(6)26(19-27)11-12-28-30-14-13-29(40(30,7)18-16-31(28)39)25(5)10-9-24(4)23(2)3/h1,11,22-25,27-33,48-49H,9-10,12-21H2,2-7H3,(H,44,45,46,50)/t24-,25-,27+,28+,29-,30+,31+,32+,33-,39+,40-,41-/m1/s1. The molecule has 11 heteroatoms. The van der Waals surface area contributed by atoms with Crippen molar-refractivity contribution in [1.29, 1.82) is 0 Å². The lowest BCUT2D eigenvalue weighted by molar-refractivity contribution is -0.0891. The number of hydrogen-bond acceptors (Lipinski definition) is 8. The van der Waals surface area contributed by atoms with Gasteiger partial charge in [0.2, 0.25) is 5.28 Å². The molecule has 10 nitrogen and oxygen atoms in total. The van der Waals surface area contributed by atoms with Gasteiger partial charge in [-0.3, -0.25) is 9.88 Å². The predicted molar refractivity (Wildman–Crippen MR) is 201 cm³/mol. The fraction of sp³-hybridized carbons (Fsp3) is 0.756. The Morgan fingerprint density at radius 2 is 1.94 bits per heavy atom. The van der Waals surface area contributed by atoms with E-state index in [0.717, 1.165) is 61.2 Å². The molecule has 0 unspecified atom stereocenters. The number of hydrogen-bond donors (Lipinski definition) is 3. The number of ether oxygens (including phenoxy) is 2. The Balaban J connectivity index is 0.997. The third-order valence-corrected chi connectivity index (χ3v) is 15.2. The first-order chi connectivity index (χ1) is 24.7. The van der Waals surface area contributed by atoms with E-state index in [2.05, 4.69) is 73.8 Å². The van der Waals surface area contributed by atoms with Crippen LogP contribution in [0.2, 0.25) is 5.28 Å². The van der Waals surface area contributed by atoms with Gasteiger partial charge in [0.05, 0.1) is 12.9 Å². The third-order valence-electron chi connectivity index (χ3n) is 15.0. The molecule has 4 fully saturated rings. The van der Waals surface area contributed by atoms with Crippen LogP contribution in [0.25, 0.3) is 11.2 Å². The number of fused-ring (bicyclic) bond motifs is 6. The quantitative estimate of drug-likeness (QED) is 0.133. The number of amides is 1. The summed E-state index contributed by atoms with van der Waals surface area (Å²) in [5, 5.41) is 23.0. The Morgan fingerprint density at radius 1 is 1.15 bits per heavy atom. The van der Waals surface area contributed by atoms with E-state index in [1.54, 1.807) is 4.57 Å². The Bertz CT molecular complexity index is 1740. The van der Waals surface area contributed by atoms with Gasteiger partial charge in [0.25, 0.3) is 0 Å². The van der Waals surface area contributed by atoms with Crippen LogP contribution in [-0.2, 0) is 9.47 Å². The van der Waals surface area contributed by atoms with Crippen molar-refractivity contribution in [2.75, 3.05) is 11.9 Å². The summed E-state index contributed by atoms with van der Waals surface area (Å²) in [6.45, 7) is 14.3. The minimum absolute atomic E-state index is 0.101. The fourth-order valence-corrected chi connectivity index (χ4v) is 11.6. The molecule has 7 rings (SSSR count). The SMILES string of the molecule is C#C[C@]1(CO)O[C@@H](n2cnc3c(NC(=O)O[C@H]4CC[C@@]5(C)C(=CC[C@H]6[C@@H]7CC[C@H]([C@H](C)CC[C@@H](C)C(C)C)[C@@]7(C)CC[C@@H]65)C4)nc(Cl)nc32)C[C@@H]1O. The molecule has 12 atom stereocenters. The molecule has 4 aliphatic carbocycles. The van der Waals surface area contributed by atoms with Crippen molar-refractivity contribution in [3.05, 3.63) is 23.3 Å². The van der Waals surface area contributed by atoms with Crippen LogP contribution in [0.1, 0.15) is 118 Å². The molecule has 0 bridgehead atoms. The number of halogens is 1. The van der Waals surface area contributed by atoms with Gasteiger partial charge in [-0.2, -0.15) is 9.97 Å². The van der Waals surface area contributed by atoms with Gasteiger partial charge in [0, 0.05) is 12.8 Å². The molecular formula is C41H58ClN5O5. The second-order valence-electron chi connectivity index (χ2n) is 17.8. The smallest absolute Gasteiger partial charge is 0.413 e. The number of nitrogens with one attached hydrogen (secondary N) is 1. The van der Waals surface area contributed by atoms with Crippen molar-refractivity contribution in [3.8, 4) is 12.3 Å². The summed E-state index contributed by atoms with van der Waals surface area (Å²) < 4.78 is 13.5. The Hall–Kier alpha value is -2.71. The van der Waals surface area contributed by atoms with Crippen molar-refractivity contribution in [2.45, 2.75) is 136 Å². The van der Waals surface area contributed by atoms with Crippen molar-refractivity contribution in [1.82, 2.24) is 19.5 Å². The number of rotatable bonds is 9. The van der Waals surface area contributed by atoms with Crippen molar-refractivity contribution >= 4 is 34.7 Å². The molecule has 3 heterocycles. The number of imidazole rings is 1. The van der Waals surface area contributed by atoms with Gasteiger partial charge >= 0.3 is 6.09 Å². The van der Waals surface area contributed by atoms with Crippen LogP contribution in [-0.4, -0.2) is 60.2 Å². The average Bonchev–Trinajstić information content (AvgIpc) is 3.79. The normalized spacial score (nSPS) is 38.2. The van der Waals surface area contributed by atoms with Crippen molar-refractivity contribution in [3.63, 3.8) is 0 Å². The average molecular weight is 736 g/mol. The molecule has 52 heavy (non-hydrogen) atoms. The van der Waals surface area contributed by atoms with Gasteiger partial charge in [-0.05, 0) is 109 Å². The van der Waals surface area contributed by atoms with Gasteiger partial charge in [0.15, 0.2) is 22.6 Å². The van der Waals surface area contributed by atoms with Gasteiger partial charge < -0.3 is 19.7 Å². The number of carbonyl (C=O) groups excluding carboxylic acids is 1. The van der Waals surface area contributed by atoms with Crippen LogP contribution in [0.3, 0.4) is 0 Å². The van der Waals surface area contributed by atoms with E-state index in [9.17, 15) is 15.0 Å². The number of terminal acetylenes is 1. The van der Waals surface area contributed by atoms with Gasteiger partial charge in [0.1, 0.15) is 18.4 Å². The Morgan fingerprint density at radius 3 is 2.65 bits per heavy atom. The highest BCUT2D eigenvalue weighted by Gasteiger charge is 2.59. The molecule has 5 aliphatic rings. The summed E-state index contributed by atoms with van der Waals surface area (Å²) in [4.78, 5) is 26.3. The second-order valence-corrected chi connectivity index (χ2v) is 18.2.